The highest BCUT2D eigenvalue weighted by atomic mass is 32.1. The number of methoxy groups -OCH3 is 1. The molecule has 0 saturated carbocycles. The lowest BCUT2D eigenvalue weighted by Gasteiger charge is -2.23. The van der Waals surface area contributed by atoms with Crippen molar-refractivity contribution in [1.29, 1.82) is 0 Å². The summed E-state index contributed by atoms with van der Waals surface area (Å²) in [5.41, 5.74) is 1.28. The second kappa shape index (κ2) is 6.68. The number of ether oxygens (including phenoxy) is 1. The largest absolute Gasteiger partial charge is 0.383 e. The third-order valence-corrected chi connectivity index (χ3v) is 4.99. The van der Waals surface area contributed by atoms with Gasteiger partial charge >= 0.3 is 0 Å². The van der Waals surface area contributed by atoms with Crippen molar-refractivity contribution in [2.45, 2.75) is 45.2 Å². The Morgan fingerprint density at radius 2 is 2.37 bits per heavy atom. The standard InChI is InChI=1S/C14H25N3OS/c1-5-15-11-7-6-8-12-13(11)16-14(19-12)17(3)10(2)9-18-4/h10-11,15H,5-9H2,1-4H3. The molecule has 4 nitrogen and oxygen atoms in total. The fourth-order valence-electron chi connectivity index (χ4n) is 2.54. The van der Waals surface area contributed by atoms with E-state index in [9.17, 15) is 0 Å². The molecule has 19 heavy (non-hydrogen) atoms. The molecule has 0 saturated heterocycles. The predicted octanol–water partition coefficient (Wildman–Crippen LogP) is 2.60. The molecule has 0 aromatic carbocycles. The second-order valence-corrected chi connectivity index (χ2v) is 6.28. The predicted molar refractivity (Wildman–Crippen MR) is 81.2 cm³/mol. The van der Waals surface area contributed by atoms with Crippen molar-refractivity contribution < 1.29 is 4.74 Å². The number of anilines is 1. The van der Waals surface area contributed by atoms with E-state index in [4.69, 9.17) is 9.72 Å². The molecule has 1 aromatic heterocycles. The van der Waals surface area contributed by atoms with E-state index in [1.165, 1.54) is 29.8 Å². The Balaban J connectivity index is 2.16. The van der Waals surface area contributed by atoms with Crippen LogP contribution < -0.4 is 10.2 Å². The van der Waals surface area contributed by atoms with E-state index in [-0.39, 0.29) is 0 Å². The molecular weight excluding hydrogens is 258 g/mol. The molecule has 0 radical (unpaired) electrons. The molecule has 1 aliphatic rings. The first-order chi connectivity index (χ1) is 9.17. The Bertz CT molecular complexity index is 407. The van der Waals surface area contributed by atoms with Crippen LogP contribution in [-0.2, 0) is 11.2 Å². The van der Waals surface area contributed by atoms with Crippen LogP contribution in [0.3, 0.4) is 0 Å². The summed E-state index contributed by atoms with van der Waals surface area (Å²) in [4.78, 5) is 8.57. The summed E-state index contributed by atoms with van der Waals surface area (Å²) in [5.74, 6) is 0. The van der Waals surface area contributed by atoms with Crippen LogP contribution in [0, 0.1) is 0 Å². The molecular formula is C14H25N3OS. The Morgan fingerprint density at radius 1 is 1.58 bits per heavy atom. The zero-order chi connectivity index (χ0) is 13.8. The van der Waals surface area contributed by atoms with Gasteiger partial charge in [-0.05, 0) is 32.7 Å². The Labute approximate surface area is 120 Å². The van der Waals surface area contributed by atoms with Gasteiger partial charge in [0, 0.05) is 19.0 Å². The molecule has 108 valence electrons. The van der Waals surface area contributed by atoms with Crippen molar-refractivity contribution in [1.82, 2.24) is 10.3 Å². The third-order valence-electron chi connectivity index (χ3n) is 3.76. The first-order valence-electron chi connectivity index (χ1n) is 7.12. The summed E-state index contributed by atoms with van der Waals surface area (Å²) in [7, 11) is 3.86. The molecule has 0 aliphatic heterocycles. The van der Waals surface area contributed by atoms with Crippen molar-refractivity contribution >= 4 is 16.5 Å². The van der Waals surface area contributed by atoms with Crippen LogP contribution in [0.4, 0.5) is 5.13 Å². The molecule has 0 bridgehead atoms. The van der Waals surface area contributed by atoms with Crippen molar-refractivity contribution in [2.24, 2.45) is 0 Å². The fourth-order valence-corrected chi connectivity index (χ4v) is 3.77. The maximum absolute atomic E-state index is 5.23. The number of aromatic nitrogens is 1. The summed E-state index contributed by atoms with van der Waals surface area (Å²) in [5, 5.41) is 4.67. The second-order valence-electron chi connectivity index (χ2n) is 5.22. The molecule has 1 aromatic rings. The first kappa shape index (κ1) is 14.8. The maximum Gasteiger partial charge on any atom is 0.185 e. The number of hydrogen-bond acceptors (Lipinski definition) is 5. The number of likely N-dealkylation sites (N-methyl/N-ethyl adjacent to an activating group) is 1. The number of aryl methyl sites for hydroxylation is 1. The van der Waals surface area contributed by atoms with Gasteiger partial charge in [-0.15, -0.1) is 11.3 Å². The number of rotatable bonds is 6. The number of nitrogens with one attached hydrogen (secondary N) is 1. The SMILES string of the molecule is CCNC1CCCc2sc(N(C)C(C)COC)nc21. The van der Waals surface area contributed by atoms with Crippen molar-refractivity contribution in [3.05, 3.63) is 10.6 Å². The zero-order valence-corrected chi connectivity index (χ0v) is 13.2. The van der Waals surface area contributed by atoms with Gasteiger partial charge in [0.1, 0.15) is 0 Å². The van der Waals surface area contributed by atoms with Gasteiger partial charge < -0.3 is 15.0 Å². The van der Waals surface area contributed by atoms with Crippen LogP contribution in [-0.4, -0.2) is 38.3 Å². The van der Waals surface area contributed by atoms with Gasteiger partial charge in [0.2, 0.25) is 0 Å². The van der Waals surface area contributed by atoms with Crippen LogP contribution in [0.1, 0.15) is 43.3 Å². The van der Waals surface area contributed by atoms with Crippen molar-refractivity contribution in [2.75, 3.05) is 32.2 Å². The molecule has 1 aliphatic carbocycles. The quantitative estimate of drug-likeness (QED) is 0.871. The highest BCUT2D eigenvalue weighted by Crippen LogP contribution is 2.36. The van der Waals surface area contributed by atoms with Crippen LogP contribution in [0.15, 0.2) is 0 Å². The van der Waals surface area contributed by atoms with E-state index in [0.29, 0.717) is 12.1 Å². The van der Waals surface area contributed by atoms with Gasteiger partial charge in [0.15, 0.2) is 5.13 Å². The smallest absolute Gasteiger partial charge is 0.185 e. The lowest BCUT2D eigenvalue weighted by Crippen LogP contribution is -2.32. The first-order valence-corrected chi connectivity index (χ1v) is 7.93. The molecule has 1 N–H and O–H groups in total. The van der Waals surface area contributed by atoms with Gasteiger partial charge in [0.25, 0.3) is 0 Å². The van der Waals surface area contributed by atoms with E-state index >= 15 is 0 Å². The monoisotopic (exact) mass is 283 g/mol. The van der Waals surface area contributed by atoms with Crippen LogP contribution in [0.25, 0.3) is 0 Å². The van der Waals surface area contributed by atoms with E-state index in [1.54, 1.807) is 7.11 Å². The van der Waals surface area contributed by atoms with Gasteiger partial charge in [0.05, 0.1) is 24.4 Å². The molecule has 2 unspecified atom stereocenters. The summed E-state index contributed by atoms with van der Waals surface area (Å²) >= 11 is 1.85. The normalized spacial score (nSPS) is 20.1. The third kappa shape index (κ3) is 3.27. The molecule has 5 heteroatoms. The number of hydrogen-bond donors (Lipinski definition) is 1. The van der Waals surface area contributed by atoms with E-state index in [0.717, 1.165) is 18.3 Å². The molecule has 2 rings (SSSR count). The molecule has 0 fully saturated rings. The number of nitrogens with zero attached hydrogens (tertiary/aromatic N) is 2. The highest BCUT2D eigenvalue weighted by molar-refractivity contribution is 7.15. The maximum atomic E-state index is 5.23. The number of thiazole rings is 1. The van der Waals surface area contributed by atoms with Gasteiger partial charge in [-0.2, -0.15) is 0 Å². The average molecular weight is 283 g/mol. The minimum absolute atomic E-state index is 0.357. The van der Waals surface area contributed by atoms with Crippen LogP contribution in [0.5, 0.6) is 0 Å². The van der Waals surface area contributed by atoms with Crippen molar-refractivity contribution in [3.8, 4) is 0 Å². The topological polar surface area (TPSA) is 37.4 Å². The Kier molecular flexibility index (Phi) is 5.19. The summed E-state index contributed by atoms with van der Waals surface area (Å²) < 4.78 is 5.23. The average Bonchev–Trinajstić information content (AvgIpc) is 2.83. The highest BCUT2D eigenvalue weighted by Gasteiger charge is 2.25. The summed E-state index contributed by atoms with van der Waals surface area (Å²) in [6, 6.07) is 0.806. The molecule has 0 spiro atoms. The summed E-state index contributed by atoms with van der Waals surface area (Å²) in [6.45, 7) is 6.07. The van der Waals surface area contributed by atoms with E-state index in [2.05, 4.69) is 31.1 Å². The summed E-state index contributed by atoms with van der Waals surface area (Å²) in [6.07, 6.45) is 3.66. The fraction of sp³-hybridized carbons (Fsp3) is 0.786. The number of fused-ring (bicyclic) bond motifs is 1. The minimum Gasteiger partial charge on any atom is -0.383 e. The van der Waals surface area contributed by atoms with Gasteiger partial charge in [-0.3, -0.25) is 0 Å². The van der Waals surface area contributed by atoms with Crippen molar-refractivity contribution in [3.63, 3.8) is 0 Å². The lowest BCUT2D eigenvalue weighted by molar-refractivity contribution is 0.183. The lowest BCUT2D eigenvalue weighted by atomic mass is 9.98. The Morgan fingerprint density at radius 3 is 3.05 bits per heavy atom. The van der Waals surface area contributed by atoms with Gasteiger partial charge in [-0.25, -0.2) is 4.98 Å². The zero-order valence-electron chi connectivity index (χ0n) is 12.4. The van der Waals surface area contributed by atoms with E-state index in [1.807, 2.05) is 11.3 Å². The van der Waals surface area contributed by atoms with Crippen LogP contribution in [0.2, 0.25) is 0 Å². The van der Waals surface area contributed by atoms with Crippen LogP contribution >= 0.6 is 11.3 Å². The van der Waals surface area contributed by atoms with E-state index < -0.39 is 0 Å². The molecule has 1 heterocycles. The molecule has 0 amide bonds. The Hall–Kier alpha value is -0.650. The molecule has 2 atom stereocenters. The van der Waals surface area contributed by atoms with Gasteiger partial charge in [-0.1, -0.05) is 6.92 Å². The minimum atomic E-state index is 0.357.